The molecule has 0 heterocycles. The van der Waals surface area contributed by atoms with E-state index in [1.165, 1.54) is 12.1 Å². The molecule has 0 unspecified atom stereocenters. The van der Waals surface area contributed by atoms with Crippen LogP contribution in [0.5, 0.6) is 0 Å². The van der Waals surface area contributed by atoms with Crippen LogP contribution in [0.4, 0.5) is 17.1 Å². The van der Waals surface area contributed by atoms with E-state index in [1.807, 2.05) is 37.3 Å². The number of nitrogens with zero attached hydrogens (tertiary/aromatic N) is 2. The van der Waals surface area contributed by atoms with Crippen molar-refractivity contribution in [3.05, 3.63) is 84.4 Å². The van der Waals surface area contributed by atoms with E-state index in [4.69, 9.17) is 0 Å². The quantitative estimate of drug-likeness (QED) is 0.609. The summed E-state index contributed by atoms with van der Waals surface area (Å²) in [5.74, 6) is -1.22. The van der Waals surface area contributed by atoms with Crippen LogP contribution in [0.3, 0.4) is 0 Å². The van der Waals surface area contributed by atoms with E-state index in [-0.39, 0.29) is 4.90 Å². The van der Waals surface area contributed by atoms with Gasteiger partial charge in [0.2, 0.25) is 5.91 Å². The number of amides is 1. The number of hydrogen-bond donors (Lipinski definition) is 1. The van der Waals surface area contributed by atoms with E-state index >= 15 is 0 Å². The third-order valence-corrected chi connectivity index (χ3v) is 5.52. The first-order valence-corrected chi connectivity index (χ1v) is 10.2. The molecule has 142 valence electrons. The maximum Gasteiger partial charge on any atom is 0.239 e. The van der Waals surface area contributed by atoms with Crippen molar-refractivity contribution in [2.75, 3.05) is 11.1 Å². The molecule has 1 N–H and O–H groups in total. The minimum absolute atomic E-state index is 0.130. The van der Waals surface area contributed by atoms with Crippen LogP contribution < -0.4 is 5.32 Å². The Bertz CT molecular complexity index is 1080. The van der Waals surface area contributed by atoms with Gasteiger partial charge in [-0.15, -0.1) is 0 Å². The largest absolute Gasteiger partial charge is 0.325 e. The molecule has 3 aromatic carbocycles. The van der Waals surface area contributed by atoms with Crippen LogP contribution in [0.25, 0.3) is 0 Å². The van der Waals surface area contributed by atoms with Gasteiger partial charge in [-0.1, -0.05) is 35.9 Å². The molecule has 0 atom stereocenters. The highest BCUT2D eigenvalue weighted by atomic mass is 32.2. The lowest BCUT2D eigenvalue weighted by Gasteiger charge is -2.07. The number of rotatable bonds is 6. The van der Waals surface area contributed by atoms with Gasteiger partial charge in [-0.3, -0.25) is 4.79 Å². The van der Waals surface area contributed by atoms with Gasteiger partial charge in [0.05, 0.1) is 16.3 Å². The summed E-state index contributed by atoms with van der Waals surface area (Å²) >= 11 is 0. The number of hydrogen-bond acceptors (Lipinski definition) is 5. The molecule has 3 aromatic rings. The van der Waals surface area contributed by atoms with Gasteiger partial charge in [0.1, 0.15) is 5.75 Å². The third kappa shape index (κ3) is 5.34. The van der Waals surface area contributed by atoms with Gasteiger partial charge in [0.25, 0.3) is 0 Å². The molecule has 28 heavy (non-hydrogen) atoms. The van der Waals surface area contributed by atoms with Crippen LogP contribution in [-0.2, 0) is 14.6 Å². The van der Waals surface area contributed by atoms with Crippen molar-refractivity contribution in [1.82, 2.24) is 0 Å². The highest BCUT2D eigenvalue weighted by Gasteiger charge is 2.19. The Morgan fingerprint density at radius 3 is 2.00 bits per heavy atom. The smallest absolute Gasteiger partial charge is 0.239 e. The van der Waals surface area contributed by atoms with Crippen molar-refractivity contribution in [1.29, 1.82) is 0 Å². The number of sulfone groups is 1. The van der Waals surface area contributed by atoms with Crippen LogP contribution in [0.15, 0.2) is 94.0 Å². The summed E-state index contributed by atoms with van der Waals surface area (Å²) in [7, 11) is -3.69. The second kappa shape index (κ2) is 8.58. The number of carbonyl (C=O) groups is 1. The van der Waals surface area contributed by atoms with Gasteiger partial charge >= 0.3 is 0 Å². The van der Waals surface area contributed by atoms with Gasteiger partial charge in [0.15, 0.2) is 9.84 Å². The van der Waals surface area contributed by atoms with Gasteiger partial charge in [-0.25, -0.2) is 8.42 Å². The van der Waals surface area contributed by atoms with Crippen LogP contribution in [0.1, 0.15) is 5.56 Å². The lowest BCUT2D eigenvalue weighted by Crippen LogP contribution is -2.23. The molecule has 0 aromatic heterocycles. The molecule has 0 saturated carbocycles. The Morgan fingerprint density at radius 2 is 1.39 bits per heavy atom. The number of nitrogens with one attached hydrogen (secondary N) is 1. The van der Waals surface area contributed by atoms with Crippen LogP contribution >= 0.6 is 0 Å². The summed E-state index contributed by atoms with van der Waals surface area (Å²) in [5.41, 5.74) is 2.80. The molecule has 0 saturated heterocycles. The van der Waals surface area contributed by atoms with Crippen LogP contribution in [-0.4, -0.2) is 20.1 Å². The number of anilines is 1. The maximum absolute atomic E-state index is 12.3. The third-order valence-electron chi connectivity index (χ3n) is 3.89. The second-order valence-corrected chi connectivity index (χ2v) is 8.19. The fraction of sp³-hybridized carbons (Fsp3) is 0.0952. The summed E-state index contributed by atoms with van der Waals surface area (Å²) in [4.78, 5) is 12.3. The first kappa shape index (κ1) is 19.4. The Balaban J connectivity index is 1.61. The van der Waals surface area contributed by atoms with Crippen molar-refractivity contribution in [3.8, 4) is 0 Å². The minimum Gasteiger partial charge on any atom is -0.325 e. The monoisotopic (exact) mass is 393 g/mol. The van der Waals surface area contributed by atoms with Crippen molar-refractivity contribution in [3.63, 3.8) is 0 Å². The zero-order valence-corrected chi connectivity index (χ0v) is 16.1. The molecule has 0 aliphatic rings. The first-order valence-electron chi connectivity index (χ1n) is 8.58. The minimum atomic E-state index is -3.69. The highest BCUT2D eigenvalue weighted by molar-refractivity contribution is 7.92. The normalized spacial score (nSPS) is 11.5. The SMILES string of the molecule is Cc1ccc(S(=O)(=O)CC(=O)Nc2ccc(N=Nc3ccccc3)cc2)cc1. The summed E-state index contributed by atoms with van der Waals surface area (Å²) in [6.45, 7) is 1.87. The zero-order chi connectivity index (χ0) is 20.0. The topological polar surface area (TPSA) is 88.0 Å². The molecule has 0 radical (unpaired) electrons. The lowest BCUT2D eigenvalue weighted by atomic mass is 10.2. The zero-order valence-electron chi connectivity index (χ0n) is 15.2. The number of benzene rings is 3. The molecule has 6 nitrogen and oxygen atoms in total. The first-order chi connectivity index (χ1) is 13.4. The van der Waals surface area contributed by atoms with Crippen LogP contribution in [0.2, 0.25) is 0 Å². The van der Waals surface area contributed by atoms with E-state index in [0.29, 0.717) is 11.4 Å². The molecule has 0 bridgehead atoms. The molecule has 0 aliphatic heterocycles. The molecular formula is C21H19N3O3S. The van der Waals surface area contributed by atoms with Crippen molar-refractivity contribution < 1.29 is 13.2 Å². The molecule has 0 fully saturated rings. The van der Waals surface area contributed by atoms with Crippen molar-refractivity contribution in [2.24, 2.45) is 10.2 Å². The summed E-state index contributed by atoms with van der Waals surface area (Å²) in [6, 6.07) is 22.4. The summed E-state index contributed by atoms with van der Waals surface area (Å²) in [6.07, 6.45) is 0. The fourth-order valence-electron chi connectivity index (χ4n) is 2.42. The van der Waals surface area contributed by atoms with Gasteiger partial charge in [-0.05, 0) is 55.5 Å². The molecule has 1 amide bonds. The fourth-order valence-corrected chi connectivity index (χ4v) is 3.55. The lowest BCUT2D eigenvalue weighted by molar-refractivity contribution is -0.113. The highest BCUT2D eigenvalue weighted by Crippen LogP contribution is 2.20. The summed E-state index contributed by atoms with van der Waals surface area (Å²) < 4.78 is 24.7. The average Bonchev–Trinajstić information content (AvgIpc) is 2.68. The van der Waals surface area contributed by atoms with E-state index in [9.17, 15) is 13.2 Å². The predicted molar refractivity (Wildman–Crippen MR) is 109 cm³/mol. The maximum atomic E-state index is 12.3. The number of carbonyl (C=O) groups excluding carboxylic acids is 1. The molecule has 3 rings (SSSR count). The number of azo groups is 1. The number of aryl methyl sites for hydroxylation is 1. The summed E-state index contributed by atoms with van der Waals surface area (Å²) in [5, 5.41) is 10.8. The average molecular weight is 393 g/mol. The van der Waals surface area contributed by atoms with E-state index in [0.717, 1.165) is 11.3 Å². The Hall–Kier alpha value is -3.32. The van der Waals surface area contributed by atoms with Crippen molar-refractivity contribution in [2.45, 2.75) is 11.8 Å². The predicted octanol–water partition coefficient (Wildman–Crippen LogP) is 4.82. The molecular weight excluding hydrogens is 374 g/mol. The van der Waals surface area contributed by atoms with Crippen LogP contribution in [0, 0.1) is 6.92 Å². The van der Waals surface area contributed by atoms with Gasteiger partial charge in [0, 0.05) is 5.69 Å². The Labute approximate surface area is 163 Å². The van der Waals surface area contributed by atoms with E-state index in [1.54, 1.807) is 36.4 Å². The molecule has 0 aliphatic carbocycles. The Morgan fingerprint density at radius 1 is 0.821 bits per heavy atom. The molecule has 0 spiro atoms. The Kier molecular flexibility index (Phi) is 5.96. The van der Waals surface area contributed by atoms with E-state index in [2.05, 4.69) is 15.5 Å². The molecule has 7 heteroatoms. The van der Waals surface area contributed by atoms with Gasteiger partial charge in [-0.2, -0.15) is 10.2 Å². The van der Waals surface area contributed by atoms with Crippen molar-refractivity contribution >= 4 is 32.8 Å². The van der Waals surface area contributed by atoms with E-state index < -0.39 is 21.5 Å². The van der Waals surface area contributed by atoms with Gasteiger partial charge < -0.3 is 5.32 Å². The second-order valence-electron chi connectivity index (χ2n) is 6.20. The standard InChI is InChI=1S/C21H19N3O3S/c1-16-7-13-20(14-8-16)28(26,27)15-21(25)22-17-9-11-19(12-10-17)24-23-18-5-3-2-4-6-18/h2-14H,15H2,1H3,(H,22,25).